The van der Waals surface area contributed by atoms with Crippen LogP contribution in [0.25, 0.3) is 4.85 Å². The Kier molecular flexibility index (Phi) is 11.3. The normalized spacial score (nSPS) is 9.74. The summed E-state index contributed by atoms with van der Waals surface area (Å²) in [6, 6.07) is 17.5. The van der Waals surface area contributed by atoms with E-state index in [-0.39, 0.29) is 10.6 Å². The summed E-state index contributed by atoms with van der Waals surface area (Å²) >= 11 is 2.95. The number of carbonyl (C=O) groups is 1. The Hall–Kier alpha value is -4.40. The average Bonchev–Trinajstić information content (AvgIpc) is 3.49. The molecule has 0 saturated carbocycles. The number of para-hydroxylation sites is 3. The molecule has 198 valence electrons. The lowest BCUT2D eigenvalue weighted by molar-refractivity contribution is -0.385. The number of carboxylic acids is 1. The van der Waals surface area contributed by atoms with Gasteiger partial charge in [0, 0.05) is 16.5 Å². The van der Waals surface area contributed by atoms with Crippen molar-refractivity contribution in [2.45, 2.75) is 33.6 Å². The Bertz CT molecular complexity index is 1440. The van der Waals surface area contributed by atoms with Crippen LogP contribution in [0.4, 0.5) is 32.8 Å². The van der Waals surface area contributed by atoms with Gasteiger partial charge in [-0.15, -0.1) is 22.7 Å². The van der Waals surface area contributed by atoms with Gasteiger partial charge in [-0.05, 0) is 48.9 Å². The summed E-state index contributed by atoms with van der Waals surface area (Å²) in [5, 5.41) is 23.7. The van der Waals surface area contributed by atoms with Gasteiger partial charge in [0.15, 0.2) is 0 Å². The summed E-state index contributed by atoms with van der Waals surface area (Å²) in [6.07, 6.45) is 1.78. The number of benzene rings is 2. The maximum absolute atomic E-state index is 11.2. The van der Waals surface area contributed by atoms with Gasteiger partial charge in [-0.3, -0.25) is 10.1 Å². The molecule has 9 nitrogen and oxygen atoms in total. The highest BCUT2D eigenvalue weighted by atomic mass is 32.1. The SMILES string of the molecule is CCc1cc(C(=O)O)c(Nc2ccccc2N)s1.Cc1ccccc1[N+](=O)[O-].[C-]#[N+]c1cc(CC)sc1N. The fraction of sp³-hybridized carbons (Fsp3) is 0.185. The number of rotatable bonds is 6. The quantitative estimate of drug-likeness (QED) is 0.0830. The topological polar surface area (TPSA) is 149 Å². The Morgan fingerprint density at radius 1 is 1.05 bits per heavy atom. The van der Waals surface area contributed by atoms with Crippen molar-refractivity contribution in [1.82, 2.24) is 0 Å². The Labute approximate surface area is 229 Å². The lowest BCUT2D eigenvalue weighted by atomic mass is 10.2. The van der Waals surface area contributed by atoms with E-state index in [2.05, 4.69) is 17.1 Å². The van der Waals surface area contributed by atoms with E-state index in [1.165, 1.54) is 33.6 Å². The van der Waals surface area contributed by atoms with Gasteiger partial charge in [-0.25, -0.2) is 9.64 Å². The van der Waals surface area contributed by atoms with Crippen LogP contribution in [0.15, 0.2) is 60.7 Å². The van der Waals surface area contributed by atoms with Gasteiger partial charge in [0.2, 0.25) is 5.69 Å². The van der Waals surface area contributed by atoms with Crippen LogP contribution in [0.1, 0.15) is 39.5 Å². The van der Waals surface area contributed by atoms with E-state index in [0.29, 0.717) is 32.5 Å². The van der Waals surface area contributed by atoms with E-state index >= 15 is 0 Å². The van der Waals surface area contributed by atoms with Crippen LogP contribution in [0, 0.1) is 23.6 Å². The van der Waals surface area contributed by atoms with Gasteiger partial charge < -0.3 is 21.9 Å². The van der Waals surface area contributed by atoms with Crippen LogP contribution in [-0.2, 0) is 12.8 Å². The van der Waals surface area contributed by atoms with Crippen molar-refractivity contribution in [3.63, 3.8) is 0 Å². The summed E-state index contributed by atoms with van der Waals surface area (Å²) in [5.41, 5.74) is 14.5. The first-order valence-electron chi connectivity index (χ1n) is 11.5. The third kappa shape index (κ3) is 8.33. The fourth-order valence-electron chi connectivity index (χ4n) is 3.08. The minimum absolute atomic E-state index is 0.183. The van der Waals surface area contributed by atoms with E-state index in [1.807, 2.05) is 31.2 Å². The zero-order valence-corrected chi connectivity index (χ0v) is 22.9. The number of aromatic carboxylic acids is 1. The van der Waals surface area contributed by atoms with Crippen LogP contribution in [0.5, 0.6) is 0 Å². The molecule has 0 saturated heterocycles. The van der Waals surface area contributed by atoms with Crippen molar-refractivity contribution >= 4 is 61.4 Å². The van der Waals surface area contributed by atoms with Crippen LogP contribution in [0.2, 0.25) is 0 Å². The second-order valence-corrected chi connectivity index (χ2v) is 10.1. The molecule has 0 aliphatic rings. The number of hydrogen-bond acceptors (Lipinski definition) is 8. The number of hydrogen-bond donors (Lipinski definition) is 4. The Balaban J connectivity index is 0.000000216. The molecule has 0 spiro atoms. The second kappa shape index (κ2) is 14.4. The van der Waals surface area contributed by atoms with E-state index in [1.54, 1.807) is 37.3 Å². The third-order valence-corrected chi connectivity index (χ3v) is 7.44. The number of nitro benzene ring substituents is 1. The lowest BCUT2D eigenvalue weighted by Crippen LogP contribution is -2.00. The first-order chi connectivity index (χ1) is 18.1. The van der Waals surface area contributed by atoms with Crippen LogP contribution >= 0.6 is 22.7 Å². The molecular weight excluding hydrogens is 522 g/mol. The molecule has 0 bridgehead atoms. The molecule has 11 heteroatoms. The van der Waals surface area contributed by atoms with Crippen molar-refractivity contribution in [3.8, 4) is 0 Å². The van der Waals surface area contributed by atoms with Gasteiger partial charge in [0.25, 0.3) is 5.69 Å². The van der Waals surface area contributed by atoms with Crippen molar-refractivity contribution in [2.75, 3.05) is 16.8 Å². The molecule has 0 atom stereocenters. The molecule has 4 rings (SSSR count). The zero-order chi connectivity index (χ0) is 28.2. The second-order valence-electron chi connectivity index (χ2n) is 7.80. The summed E-state index contributed by atoms with van der Waals surface area (Å²) < 4.78 is 0. The molecule has 2 heterocycles. The lowest BCUT2D eigenvalue weighted by Gasteiger charge is -2.07. The van der Waals surface area contributed by atoms with Crippen molar-refractivity contribution in [2.24, 2.45) is 0 Å². The largest absolute Gasteiger partial charge is 0.478 e. The summed E-state index contributed by atoms with van der Waals surface area (Å²) in [5.74, 6) is -0.928. The molecule has 2 aromatic carbocycles. The van der Waals surface area contributed by atoms with E-state index in [0.717, 1.165) is 23.4 Å². The molecule has 38 heavy (non-hydrogen) atoms. The number of nitrogens with two attached hydrogens (primary N) is 2. The van der Waals surface area contributed by atoms with E-state index in [4.69, 9.17) is 23.1 Å². The monoisotopic (exact) mass is 551 g/mol. The van der Waals surface area contributed by atoms with Crippen LogP contribution in [0.3, 0.4) is 0 Å². The van der Waals surface area contributed by atoms with Gasteiger partial charge in [0.1, 0.15) is 5.00 Å². The zero-order valence-electron chi connectivity index (χ0n) is 21.2. The number of nitro groups is 1. The summed E-state index contributed by atoms with van der Waals surface area (Å²) in [6.45, 7) is 12.5. The predicted octanol–water partition coefficient (Wildman–Crippen LogP) is 7.68. The van der Waals surface area contributed by atoms with Crippen LogP contribution in [-0.4, -0.2) is 16.0 Å². The minimum Gasteiger partial charge on any atom is -0.478 e. The van der Waals surface area contributed by atoms with E-state index < -0.39 is 5.97 Å². The number of anilines is 4. The van der Waals surface area contributed by atoms with Crippen molar-refractivity contribution in [1.29, 1.82) is 0 Å². The van der Waals surface area contributed by atoms with Crippen LogP contribution < -0.4 is 16.8 Å². The number of aryl methyl sites for hydroxylation is 3. The number of nitrogens with zero attached hydrogens (tertiary/aromatic N) is 2. The summed E-state index contributed by atoms with van der Waals surface area (Å²) in [4.78, 5) is 26.5. The Morgan fingerprint density at radius 2 is 1.66 bits per heavy atom. The molecule has 6 N–H and O–H groups in total. The molecular formula is C27H29N5O4S2. The highest BCUT2D eigenvalue weighted by Gasteiger charge is 2.15. The number of thiophene rings is 2. The number of nitrogens with one attached hydrogen (secondary N) is 1. The standard InChI is InChI=1S/C13H14N2O2S.C7H8N2S.C7H7NO2/c1-2-8-7-9(13(16)17)12(18-8)15-11-6-4-3-5-10(11)14;1-3-5-4-6(9-2)7(8)10-5;1-6-4-2-3-5-7(6)8(9)10/h3-7,15H,2,14H2,1H3,(H,16,17);4H,3,8H2,1H3;2-5H,1H3. The first-order valence-corrected chi connectivity index (χ1v) is 13.2. The first kappa shape index (κ1) is 29.8. The molecule has 0 unspecified atom stereocenters. The van der Waals surface area contributed by atoms with Crippen molar-refractivity contribution in [3.05, 3.63) is 103 Å². The van der Waals surface area contributed by atoms with E-state index in [9.17, 15) is 14.9 Å². The van der Waals surface area contributed by atoms with Crippen molar-refractivity contribution < 1.29 is 14.8 Å². The maximum atomic E-state index is 11.2. The third-order valence-electron chi connectivity index (χ3n) is 5.14. The Morgan fingerprint density at radius 3 is 2.13 bits per heavy atom. The molecule has 0 amide bonds. The number of carboxylic acid groups (broad SMARTS) is 1. The molecule has 2 aromatic heterocycles. The molecule has 0 aliphatic heterocycles. The maximum Gasteiger partial charge on any atom is 0.338 e. The summed E-state index contributed by atoms with van der Waals surface area (Å²) in [7, 11) is 0. The molecule has 0 aliphatic carbocycles. The molecule has 0 fully saturated rings. The number of nitrogen functional groups attached to an aromatic ring is 2. The molecule has 4 aromatic rings. The highest BCUT2D eigenvalue weighted by molar-refractivity contribution is 7.17. The van der Waals surface area contributed by atoms with Gasteiger partial charge in [0.05, 0.1) is 33.4 Å². The van der Waals surface area contributed by atoms with Gasteiger partial charge >= 0.3 is 5.97 Å². The van der Waals surface area contributed by atoms with Gasteiger partial charge in [-0.1, -0.05) is 44.2 Å². The fourth-order valence-corrected chi connectivity index (χ4v) is 4.88. The highest BCUT2D eigenvalue weighted by Crippen LogP contribution is 2.33. The molecule has 0 radical (unpaired) electrons. The minimum atomic E-state index is -0.928. The average molecular weight is 552 g/mol. The smallest absolute Gasteiger partial charge is 0.338 e. The predicted molar refractivity (Wildman–Crippen MR) is 157 cm³/mol. The van der Waals surface area contributed by atoms with Gasteiger partial charge in [-0.2, -0.15) is 0 Å².